The van der Waals surface area contributed by atoms with Gasteiger partial charge in [0.2, 0.25) is 0 Å². The standard InChI is InChI=1S/C13H24N2O4/c1-10(2)5-6-14(4)12(18)15-8-13(3,9-15)19-7-11(16)17/h10H,5-9H2,1-4H3,(H,16,17). The van der Waals surface area contributed by atoms with Crippen LogP contribution in [0.1, 0.15) is 27.2 Å². The molecule has 0 unspecified atom stereocenters. The SMILES string of the molecule is CC(C)CCN(C)C(=O)N1CC(C)(OCC(=O)O)C1. The van der Waals surface area contributed by atoms with Crippen LogP contribution in [0, 0.1) is 5.92 Å². The normalized spacial score (nSPS) is 17.2. The van der Waals surface area contributed by atoms with Crippen LogP contribution >= 0.6 is 0 Å². The average molecular weight is 272 g/mol. The number of urea groups is 1. The maximum atomic E-state index is 12.0. The molecule has 0 saturated carbocycles. The molecule has 0 aromatic rings. The number of hydrogen-bond donors (Lipinski definition) is 1. The number of carboxylic acids is 1. The number of hydrogen-bond acceptors (Lipinski definition) is 3. The van der Waals surface area contributed by atoms with Crippen molar-refractivity contribution in [2.24, 2.45) is 5.92 Å². The van der Waals surface area contributed by atoms with E-state index in [4.69, 9.17) is 9.84 Å². The first-order chi connectivity index (χ1) is 8.73. The Kier molecular flexibility index (Phi) is 5.17. The lowest BCUT2D eigenvalue weighted by Crippen LogP contribution is -2.65. The summed E-state index contributed by atoms with van der Waals surface area (Å²) < 4.78 is 5.27. The Balaban J connectivity index is 2.32. The second-order valence-electron chi connectivity index (χ2n) is 5.88. The highest BCUT2D eigenvalue weighted by Gasteiger charge is 2.43. The van der Waals surface area contributed by atoms with Gasteiger partial charge in [-0.1, -0.05) is 13.8 Å². The molecular weight excluding hydrogens is 248 g/mol. The Hall–Kier alpha value is -1.30. The number of aliphatic carboxylic acids is 1. The van der Waals surface area contributed by atoms with Crippen LogP contribution in [-0.2, 0) is 9.53 Å². The summed E-state index contributed by atoms with van der Waals surface area (Å²) >= 11 is 0. The van der Waals surface area contributed by atoms with Crippen LogP contribution in [-0.4, -0.2) is 65.8 Å². The molecule has 1 saturated heterocycles. The molecule has 0 atom stereocenters. The fourth-order valence-corrected chi connectivity index (χ4v) is 2.01. The summed E-state index contributed by atoms with van der Waals surface area (Å²) in [5, 5.41) is 8.57. The molecule has 1 N–H and O–H groups in total. The van der Waals surface area contributed by atoms with Gasteiger partial charge in [-0.25, -0.2) is 9.59 Å². The molecule has 0 aromatic carbocycles. The second kappa shape index (κ2) is 6.23. The molecule has 0 aliphatic carbocycles. The van der Waals surface area contributed by atoms with Crippen molar-refractivity contribution in [1.82, 2.24) is 9.80 Å². The third-order valence-electron chi connectivity index (χ3n) is 3.23. The van der Waals surface area contributed by atoms with Crippen molar-refractivity contribution < 1.29 is 19.4 Å². The maximum absolute atomic E-state index is 12.0. The predicted octanol–water partition coefficient (Wildman–Crippen LogP) is 1.26. The molecule has 0 aromatic heterocycles. The number of rotatable bonds is 6. The van der Waals surface area contributed by atoms with Gasteiger partial charge in [-0.15, -0.1) is 0 Å². The first kappa shape index (κ1) is 15.8. The summed E-state index contributed by atoms with van der Waals surface area (Å²) in [6.07, 6.45) is 0.975. The smallest absolute Gasteiger partial charge is 0.329 e. The van der Waals surface area contributed by atoms with E-state index in [9.17, 15) is 9.59 Å². The van der Waals surface area contributed by atoms with E-state index < -0.39 is 11.6 Å². The number of likely N-dealkylation sites (tertiary alicyclic amines) is 1. The van der Waals surface area contributed by atoms with Crippen molar-refractivity contribution in [3.8, 4) is 0 Å². The molecule has 6 nitrogen and oxygen atoms in total. The monoisotopic (exact) mass is 272 g/mol. The van der Waals surface area contributed by atoms with Gasteiger partial charge in [0.1, 0.15) is 12.2 Å². The van der Waals surface area contributed by atoms with Gasteiger partial charge in [-0.05, 0) is 19.3 Å². The van der Waals surface area contributed by atoms with Crippen molar-refractivity contribution in [2.75, 3.05) is 33.3 Å². The minimum atomic E-state index is -0.986. The molecule has 1 aliphatic heterocycles. The Morgan fingerprint density at radius 2 is 2.00 bits per heavy atom. The molecular formula is C13H24N2O4. The topological polar surface area (TPSA) is 70.1 Å². The highest BCUT2D eigenvalue weighted by molar-refractivity contribution is 5.75. The Morgan fingerprint density at radius 3 is 2.47 bits per heavy atom. The van der Waals surface area contributed by atoms with Gasteiger partial charge in [-0.2, -0.15) is 0 Å². The van der Waals surface area contributed by atoms with Gasteiger partial charge in [-0.3, -0.25) is 0 Å². The molecule has 6 heteroatoms. The summed E-state index contributed by atoms with van der Waals surface area (Å²) in [6.45, 7) is 7.39. The van der Waals surface area contributed by atoms with Crippen molar-refractivity contribution in [3.63, 3.8) is 0 Å². The molecule has 0 spiro atoms. The number of carbonyl (C=O) groups is 2. The minimum Gasteiger partial charge on any atom is -0.480 e. The zero-order valence-electron chi connectivity index (χ0n) is 12.2. The summed E-state index contributed by atoms with van der Waals surface area (Å²) in [5.74, 6) is -0.421. The van der Waals surface area contributed by atoms with Crippen LogP contribution in [0.2, 0.25) is 0 Å². The van der Waals surface area contributed by atoms with Crippen LogP contribution < -0.4 is 0 Å². The van der Waals surface area contributed by atoms with E-state index in [-0.39, 0.29) is 12.6 Å². The van der Waals surface area contributed by atoms with E-state index in [1.807, 2.05) is 6.92 Å². The Bertz CT molecular complexity index is 338. The number of nitrogens with zero attached hydrogens (tertiary/aromatic N) is 2. The van der Waals surface area contributed by atoms with E-state index >= 15 is 0 Å². The summed E-state index contributed by atoms with van der Waals surface area (Å²) in [6, 6.07) is -0.0166. The van der Waals surface area contributed by atoms with Crippen molar-refractivity contribution >= 4 is 12.0 Å². The summed E-state index contributed by atoms with van der Waals surface area (Å²) in [5.41, 5.74) is -0.521. The highest BCUT2D eigenvalue weighted by atomic mass is 16.5. The molecule has 19 heavy (non-hydrogen) atoms. The predicted molar refractivity (Wildman–Crippen MR) is 71.0 cm³/mol. The van der Waals surface area contributed by atoms with Crippen molar-refractivity contribution in [3.05, 3.63) is 0 Å². The second-order valence-corrected chi connectivity index (χ2v) is 5.88. The van der Waals surface area contributed by atoms with Crippen LogP contribution in [0.4, 0.5) is 4.79 Å². The molecule has 110 valence electrons. The van der Waals surface area contributed by atoms with E-state index in [1.54, 1.807) is 16.8 Å². The van der Waals surface area contributed by atoms with E-state index in [1.165, 1.54) is 0 Å². The van der Waals surface area contributed by atoms with Crippen molar-refractivity contribution in [1.29, 1.82) is 0 Å². The number of ether oxygens (including phenoxy) is 1. The zero-order valence-corrected chi connectivity index (χ0v) is 12.2. The van der Waals surface area contributed by atoms with Crippen LogP contribution in [0.3, 0.4) is 0 Å². The molecule has 2 amide bonds. The van der Waals surface area contributed by atoms with Crippen molar-refractivity contribution in [2.45, 2.75) is 32.8 Å². The average Bonchev–Trinajstić information content (AvgIpc) is 2.28. The Morgan fingerprint density at radius 1 is 1.42 bits per heavy atom. The first-order valence-corrected chi connectivity index (χ1v) is 6.59. The number of carbonyl (C=O) groups excluding carboxylic acids is 1. The van der Waals surface area contributed by atoms with Crippen LogP contribution in [0.15, 0.2) is 0 Å². The molecule has 1 heterocycles. The maximum Gasteiger partial charge on any atom is 0.329 e. The van der Waals surface area contributed by atoms with E-state index in [2.05, 4.69) is 13.8 Å². The van der Waals surface area contributed by atoms with Gasteiger partial charge in [0.15, 0.2) is 0 Å². The number of carboxylic acid groups (broad SMARTS) is 1. The third-order valence-corrected chi connectivity index (χ3v) is 3.23. The van der Waals surface area contributed by atoms with Gasteiger partial charge < -0.3 is 19.6 Å². The number of amides is 2. The summed E-state index contributed by atoms with van der Waals surface area (Å²) in [4.78, 5) is 25.9. The lowest BCUT2D eigenvalue weighted by molar-refractivity contribution is -0.160. The highest BCUT2D eigenvalue weighted by Crippen LogP contribution is 2.25. The fourth-order valence-electron chi connectivity index (χ4n) is 2.01. The van der Waals surface area contributed by atoms with Gasteiger partial charge in [0.05, 0.1) is 13.1 Å². The molecule has 0 bridgehead atoms. The lowest BCUT2D eigenvalue weighted by Gasteiger charge is -2.48. The van der Waals surface area contributed by atoms with Crippen LogP contribution in [0.25, 0.3) is 0 Å². The summed E-state index contributed by atoms with van der Waals surface area (Å²) in [7, 11) is 1.79. The quantitative estimate of drug-likeness (QED) is 0.790. The van der Waals surface area contributed by atoms with E-state index in [0.717, 1.165) is 13.0 Å². The lowest BCUT2D eigenvalue weighted by atomic mass is 9.97. The first-order valence-electron chi connectivity index (χ1n) is 6.59. The van der Waals surface area contributed by atoms with Crippen LogP contribution in [0.5, 0.6) is 0 Å². The molecule has 1 rings (SSSR count). The molecule has 1 fully saturated rings. The molecule has 0 radical (unpaired) electrons. The van der Waals surface area contributed by atoms with Gasteiger partial charge in [0.25, 0.3) is 0 Å². The van der Waals surface area contributed by atoms with Gasteiger partial charge >= 0.3 is 12.0 Å². The zero-order chi connectivity index (χ0) is 14.6. The largest absolute Gasteiger partial charge is 0.480 e. The Labute approximate surface area is 114 Å². The molecule has 1 aliphatic rings. The van der Waals surface area contributed by atoms with Gasteiger partial charge in [0, 0.05) is 13.6 Å². The third kappa shape index (κ3) is 4.70. The van der Waals surface area contributed by atoms with E-state index in [0.29, 0.717) is 19.0 Å². The fraction of sp³-hybridized carbons (Fsp3) is 0.846. The minimum absolute atomic E-state index is 0.0166.